The molecule has 0 bridgehead atoms. The van der Waals surface area contributed by atoms with Crippen LogP contribution in [0.1, 0.15) is 50.7 Å². The molecule has 1 heterocycles. The van der Waals surface area contributed by atoms with Crippen LogP contribution in [0.25, 0.3) is 11.0 Å². The summed E-state index contributed by atoms with van der Waals surface area (Å²) >= 11 is 0. The Morgan fingerprint density at radius 3 is 2.85 bits per heavy atom. The van der Waals surface area contributed by atoms with Gasteiger partial charge < -0.3 is 14.5 Å². The van der Waals surface area contributed by atoms with Crippen molar-refractivity contribution in [2.24, 2.45) is 5.92 Å². The van der Waals surface area contributed by atoms with Crippen molar-refractivity contribution in [2.75, 3.05) is 6.61 Å². The van der Waals surface area contributed by atoms with Gasteiger partial charge in [-0.2, -0.15) is 0 Å². The fourth-order valence-corrected chi connectivity index (χ4v) is 3.62. The summed E-state index contributed by atoms with van der Waals surface area (Å²) in [6.07, 6.45) is 7.13. The summed E-state index contributed by atoms with van der Waals surface area (Å²) in [7, 11) is 0. The van der Waals surface area contributed by atoms with Crippen molar-refractivity contribution >= 4 is 22.8 Å². The van der Waals surface area contributed by atoms with E-state index in [1.807, 2.05) is 18.2 Å². The van der Waals surface area contributed by atoms with Gasteiger partial charge in [0, 0.05) is 17.0 Å². The van der Waals surface area contributed by atoms with Gasteiger partial charge in [0.1, 0.15) is 5.58 Å². The highest BCUT2D eigenvalue weighted by Gasteiger charge is 2.23. The van der Waals surface area contributed by atoms with Gasteiger partial charge >= 0.3 is 5.97 Å². The molecule has 1 amide bonds. The molecular weight excluding hydrogens is 330 g/mol. The van der Waals surface area contributed by atoms with Gasteiger partial charge in [-0.15, -0.1) is 0 Å². The molecule has 1 aromatic heterocycles. The van der Waals surface area contributed by atoms with E-state index in [0.29, 0.717) is 5.92 Å². The number of amides is 1. The van der Waals surface area contributed by atoms with Gasteiger partial charge in [0.15, 0.2) is 6.61 Å². The Morgan fingerprint density at radius 1 is 1.27 bits per heavy atom. The number of esters is 1. The van der Waals surface area contributed by atoms with Crippen LogP contribution in [0.15, 0.2) is 28.9 Å². The smallest absolute Gasteiger partial charge is 0.310 e. The van der Waals surface area contributed by atoms with E-state index < -0.39 is 5.97 Å². The number of nitrogens with one attached hydrogen (secondary N) is 1. The van der Waals surface area contributed by atoms with Gasteiger partial charge in [-0.05, 0) is 36.8 Å². The normalized spacial score (nSPS) is 20.1. The molecule has 5 nitrogen and oxygen atoms in total. The molecule has 2 atom stereocenters. The fourth-order valence-electron chi connectivity index (χ4n) is 3.62. The zero-order chi connectivity index (χ0) is 18.5. The minimum Gasteiger partial charge on any atom is -0.464 e. The van der Waals surface area contributed by atoms with Crippen molar-refractivity contribution < 1.29 is 18.7 Å². The second kappa shape index (κ2) is 8.39. The number of ether oxygens (including phenoxy) is 1. The fraction of sp³-hybridized carbons (Fsp3) is 0.524. The van der Waals surface area contributed by atoms with Crippen molar-refractivity contribution in [1.82, 2.24) is 5.32 Å². The average Bonchev–Trinajstić information content (AvgIpc) is 3.04. The Kier molecular flexibility index (Phi) is 5.96. The molecule has 2 aromatic rings. The number of furan rings is 1. The van der Waals surface area contributed by atoms with Gasteiger partial charge in [0.05, 0.1) is 12.7 Å². The van der Waals surface area contributed by atoms with E-state index in [4.69, 9.17) is 9.15 Å². The molecule has 0 radical (unpaired) electrons. The van der Waals surface area contributed by atoms with Crippen molar-refractivity contribution in [3.8, 4) is 0 Å². The number of carbonyl (C=O) groups is 2. The minimum atomic E-state index is -0.417. The monoisotopic (exact) mass is 357 g/mol. The number of carbonyl (C=O) groups excluding carboxylic acids is 2. The molecule has 1 aromatic carbocycles. The summed E-state index contributed by atoms with van der Waals surface area (Å²) in [5.74, 6) is -0.158. The number of rotatable bonds is 6. The van der Waals surface area contributed by atoms with E-state index in [0.717, 1.165) is 42.2 Å². The van der Waals surface area contributed by atoms with E-state index in [2.05, 4.69) is 19.2 Å². The topological polar surface area (TPSA) is 68.5 Å². The van der Waals surface area contributed by atoms with E-state index in [9.17, 15) is 9.59 Å². The molecule has 1 N–H and O–H groups in total. The molecule has 1 aliphatic carbocycles. The minimum absolute atomic E-state index is 0.103. The van der Waals surface area contributed by atoms with Crippen LogP contribution in [0.2, 0.25) is 0 Å². The molecule has 140 valence electrons. The number of aryl methyl sites for hydroxylation is 1. The summed E-state index contributed by atoms with van der Waals surface area (Å²) in [4.78, 5) is 24.1. The molecule has 26 heavy (non-hydrogen) atoms. The first-order valence-electron chi connectivity index (χ1n) is 9.50. The molecular formula is C21H27NO4. The van der Waals surface area contributed by atoms with Crippen LogP contribution >= 0.6 is 0 Å². The largest absolute Gasteiger partial charge is 0.464 e. The Labute approximate surface area is 154 Å². The van der Waals surface area contributed by atoms with Crippen LogP contribution in [0.4, 0.5) is 0 Å². The number of benzene rings is 1. The van der Waals surface area contributed by atoms with Crippen LogP contribution in [-0.4, -0.2) is 24.5 Å². The van der Waals surface area contributed by atoms with Gasteiger partial charge in [-0.3, -0.25) is 9.59 Å². The molecule has 0 aliphatic heterocycles. The van der Waals surface area contributed by atoms with Gasteiger partial charge in [0.2, 0.25) is 0 Å². The van der Waals surface area contributed by atoms with E-state index in [1.165, 1.54) is 12.0 Å². The highest BCUT2D eigenvalue weighted by atomic mass is 16.5. The third-order valence-electron chi connectivity index (χ3n) is 5.29. The maximum absolute atomic E-state index is 12.1. The molecule has 1 saturated carbocycles. The molecule has 0 saturated heterocycles. The summed E-state index contributed by atoms with van der Waals surface area (Å²) < 4.78 is 10.7. The van der Waals surface area contributed by atoms with Crippen molar-refractivity contribution in [3.05, 3.63) is 35.6 Å². The molecule has 1 fully saturated rings. The van der Waals surface area contributed by atoms with Crippen LogP contribution in [-0.2, 0) is 27.2 Å². The lowest BCUT2D eigenvalue weighted by Crippen LogP contribution is -2.42. The quantitative estimate of drug-likeness (QED) is 0.799. The summed E-state index contributed by atoms with van der Waals surface area (Å²) in [5, 5.41) is 3.91. The second-order valence-electron chi connectivity index (χ2n) is 7.22. The van der Waals surface area contributed by atoms with Crippen molar-refractivity contribution in [1.29, 1.82) is 0 Å². The molecule has 5 heteroatoms. The summed E-state index contributed by atoms with van der Waals surface area (Å²) in [5.41, 5.74) is 2.75. The standard InChI is InChI=1S/C21H27NO4/c1-3-15-8-9-17-16(12-25-19(17)10-15)11-21(24)26-13-20(23)22-18-7-5-4-6-14(18)2/h8-10,12,14,18H,3-7,11,13H2,1-2H3,(H,22,23)/t14-,18-/m0/s1. The first-order chi connectivity index (χ1) is 12.6. The van der Waals surface area contributed by atoms with Gasteiger partial charge in [0.25, 0.3) is 5.91 Å². The average molecular weight is 357 g/mol. The third kappa shape index (κ3) is 4.45. The predicted octanol–water partition coefficient (Wildman–Crippen LogP) is 3.78. The van der Waals surface area contributed by atoms with Gasteiger partial charge in [-0.25, -0.2) is 0 Å². The maximum atomic E-state index is 12.1. The maximum Gasteiger partial charge on any atom is 0.310 e. The van der Waals surface area contributed by atoms with Crippen LogP contribution in [0.5, 0.6) is 0 Å². The third-order valence-corrected chi connectivity index (χ3v) is 5.29. The highest BCUT2D eigenvalue weighted by molar-refractivity contribution is 5.87. The zero-order valence-corrected chi connectivity index (χ0v) is 15.5. The molecule has 1 aliphatic rings. The summed E-state index contributed by atoms with van der Waals surface area (Å²) in [6.45, 7) is 4.02. The predicted molar refractivity (Wildman–Crippen MR) is 99.8 cm³/mol. The van der Waals surface area contributed by atoms with Crippen LogP contribution in [0, 0.1) is 5.92 Å². The lowest BCUT2D eigenvalue weighted by molar-refractivity contribution is -0.148. The highest BCUT2D eigenvalue weighted by Crippen LogP contribution is 2.24. The number of hydrogen-bond acceptors (Lipinski definition) is 4. The number of hydrogen-bond donors (Lipinski definition) is 1. The van der Waals surface area contributed by atoms with E-state index in [-0.39, 0.29) is 25.0 Å². The van der Waals surface area contributed by atoms with Crippen LogP contribution < -0.4 is 5.32 Å². The lowest BCUT2D eigenvalue weighted by Gasteiger charge is -2.29. The zero-order valence-electron chi connectivity index (χ0n) is 15.5. The first-order valence-corrected chi connectivity index (χ1v) is 9.50. The number of fused-ring (bicyclic) bond motifs is 1. The van der Waals surface area contributed by atoms with E-state index in [1.54, 1.807) is 6.26 Å². The Hall–Kier alpha value is -2.30. The van der Waals surface area contributed by atoms with E-state index >= 15 is 0 Å². The summed E-state index contributed by atoms with van der Waals surface area (Å²) in [6, 6.07) is 6.19. The van der Waals surface area contributed by atoms with Crippen molar-refractivity contribution in [2.45, 2.75) is 58.4 Å². The first kappa shape index (κ1) is 18.5. The Balaban J connectivity index is 1.50. The molecule has 0 unspecified atom stereocenters. The van der Waals surface area contributed by atoms with Gasteiger partial charge in [-0.1, -0.05) is 38.8 Å². The lowest BCUT2D eigenvalue weighted by atomic mass is 9.86. The van der Waals surface area contributed by atoms with Crippen LogP contribution in [0.3, 0.4) is 0 Å². The second-order valence-corrected chi connectivity index (χ2v) is 7.22. The molecule has 3 rings (SSSR count). The van der Waals surface area contributed by atoms with Crippen molar-refractivity contribution in [3.63, 3.8) is 0 Å². The SMILES string of the molecule is CCc1ccc2c(CC(=O)OCC(=O)N[C@H]3CCCC[C@@H]3C)coc2c1. The molecule has 0 spiro atoms. The Bertz CT molecular complexity index is 779. The Morgan fingerprint density at radius 2 is 2.08 bits per heavy atom.